The lowest BCUT2D eigenvalue weighted by atomic mass is 10.1. The fourth-order valence-electron chi connectivity index (χ4n) is 3.25. The number of guanidine groups is 1. The average molecular weight is 568 g/mol. The summed E-state index contributed by atoms with van der Waals surface area (Å²) in [5.41, 5.74) is -0.241. The lowest BCUT2D eigenvalue weighted by Gasteiger charge is -2.34. The summed E-state index contributed by atoms with van der Waals surface area (Å²) < 4.78 is 38.2. The molecule has 1 aromatic rings. The number of likely N-dealkylation sites (tertiary alicyclic amines) is 1. The van der Waals surface area contributed by atoms with Crippen molar-refractivity contribution >= 4 is 36.0 Å². The average Bonchev–Trinajstić information content (AvgIpc) is 2.70. The first-order chi connectivity index (χ1) is 14.7. The van der Waals surface area contributed by atoms with Crippen LogP contribution >= 0.6 is 24.0 Å². The molecule has 10 heteroatoms. The van der Waals surface area contributed by atoms with Gasteiger partial charge in [-0.15, -0.1) is 24.0 Å². The molecule has 0 radical (unpaired) electrons. The largest absolute Gasteiger partial charge is 0.444 e. The number of halogens is 3. The monoisotopic (exact) mass is 568 g/mol. The molecule has 0 atom stereocenters. The van der Waals surface area contributed by atoms with Crippen molar-refractivity contribution in [2.75, 3.05) is 33.3 Å². The number of carbonyl (C=O) groups excluding carboxylic acids is 1. The number of hydrogen-bond acceptors (Lipinski definition) is 4. The molecule has 1 amide bonds. The number of nitrogens with one attached hydrogen (secondary N) is 2. The highest BCUT2D eigenvalue weighted by Gasteiger charge is 2.22. The Labute approximate surface area is 206 Å². The molecule has 1 aromatic carbocycles. The number of nitrogens with zero attached hydrogens (tertiary/aromatic N) is 2. The lowest BCUT2D eigenvalue weighted by Crippen LogP contribution is -2.46. The minimum Gasteiger partial charge on any atom is -0.444 e. The van der Waals surface area contributed by atoms with Gasteiger partial charge in [0.1, 0.15) is 17.2 Å². The van der Waals surface area contributed by atoms with Crippen LogP contribution in [0.4, 0.5) is 13.6 Å². The predicted octanol–water partition coefficient (Wildman–Crippen LogP) is 4.05. The minimum absolute atomic E-state index is 0. The first-order valence-corrected chi connectivity index (χ1v) is 10.7. The molecule has 0 spiro atoms. The van der Waals surface area contributed by atoms with E-state index in [0.29, 0.717) is 25.5 Å². The van der Waals surface area contributed by atoms with Crippen LogP contribution in [0.5, 0.6) is 0 Å². The van der Waals surface area contributed by atoms with E-state index in [2.05, 4.69) is 20.5 Å². The molecule has 1 aliphatic rings. The Hall–Kier alpha value is -1.69. The van der Waals surface area contributed by atoms with Crippen molar-refractivity contribution in [3.63, 3.8) is 0 Å². The fourth-order valence-corrected chi connectivity index (χ4v) is 3.25. The highest BCUT2D eigenvalue weighted by molar-refractivity contribution is 14.0. The molecule has 0 bridgehead atoms. The number of ether oxygens (including phenoxy) is 2. The predicted molar refractivity (Wildman–Crippen MR) is 131 cm³/mol. The first-order valence-electron chi connectivity index (χ1n) is 10.7. The van der Waals surface area contributed by atoms with Crippen molar-refractivity contribution in [2.45, 2.75) is 58.3 Å². The molecule has 1 fully saturated rings. The van der Waals surface area contributed by atoms with Crippen LogP contribution in [0.1, 0.15) is 45.6 Å². The van der Waals surface area contributed by atoms with Crippen molar-refractivity contribution in [1.82, 2.24) is 15.5 Å². The van der Waals surface area contributed by atoms with Crippen LogP contribution in [-0.2, 0) is 16.0 Å². The van der Waals surface area contributed by atoms with E-state index in [1.54, 1.807) is 7.05 Å². The number of alkyl carbamates (subject to hydrolysis) is 1. The first kappa shape index (κ1) is 28.3. The third-order valence-electron chi connectivity index (χ3n) is 4.74. The van der Waals surface area contributed by atoms with Gasteiger partial charge in [-0.1, -0.05) is 0 Å². The van der Waals surface area contributed by atoms with Crippen molar-refractivity contribution in [3.8, 4) is 0 Å². The molecule has 1 aliphatic heterocycles. The van der Waals surface area contributed by atoms with Crippen LogP contribution in [0.2, 0.25) is 0 Å². The number of rotatable bonds is 7. The van der Waals surface area contributed by atoms with E-state index in [4.69, 9.17) is 9.47 Å². The normalized spacial score (nSPS) is 15.2. The Morgan fingerprint density at radius 2 is 1.91 bits per heavy atom. The molecule has 0 unspecified atom stereocenters. The second kappa shape index (κ2) is 13.8. The van der Waals surface area contributed by atoms with Gasteiger partial charge >= 0.3 is 6.09 Å². The third kappa shape index (κ3) is 10.3. The highest BCUT2D eigenvalue weighted by atomic mass is 127. The van der Waals surface area contributed by atoms with E-state index in [0.717, 1.165) is 38.1 Å². The molecule has 1 saturated heterocycles. The van der Waals surface area contributed by atoms with E-state index in [1.165, 1.54) is 6.07 Å². The van der Waals surface area contributed by atoms with Gasteiger partial charge < -0.3 is 25.0 Å². The van der Waals surface area contributed by atoms with Gasteiger partial charge in [-0.2, -0.15) is 0 Å². The maximum absolute atomic E-state index is 13.8. The number of benzene rings is 1. The van der Waals surface area contributed by atoms with Gasteiger partial charge in [0, 0.05) is 45.4 Å². The Bertz CT molecular complexity index is 751. The van der Waals surface area contributed by atoms with E-state index >= 15 is 0 Å². The molecule has 1 heterocycles. The van der Waals surface area contributed by atoms with E-state index in [9.17, 15) is 13.6 Å². The SMILES string of the molecule is CN=C(NCc1cc(F)ccc1F)N1CCC(OCCCNC(=O)OC(C)(C)C)CC1.I. The van der Waals surface area contributed by atoms with Crippen LogP contribution in [0.3, 0.4) is 0 Å². The maximum atomic E-state index is 13.8. The summed E-state index contributed by atoms with van der Waals surface area (Å²) in [7, 11) is 1.67. The number of aliphatic imine (C=N–C) groups is 1. The summed E-state index contributed by atoms with van der Waals surface area (Å²) in [6.07, 6.45) is 2.12. The zero-order valence-corrected chi connectivity index (χ0v) is 21.6. The van der Waals surface area contributed by atoms with Gasteiger partial charge in [-0.25, -0.2) is 13.6 Å². The van der Waals surface area contributed by atoms with Crippen LogP contribution in [0.15, 0.2) is 23.2 Å². The van der Waals surface area contributed by atoms with Crippen LogP contribution in [0.25, 0.3) is 0 Å². The smallest absolute Gasteiger partial charge is 0.407 e. The van der Waals surface area contributed by atoms with Crippen LogP contribution in [0, 0.1) is 11.6 Å². The maximum Gasteiger partial charge on any atom is 0.407 e. The molecule has 7 nitrogen and oxygen atoms in total. The second-order valence-electron chi connectivity index (χ2n) is 8.48. The number of piperidine rings is 1. The zero-order chi connectivity index (χ0) is 22.9. The summed E-state index contributed by atoms with van der Waals surface area (Å²) in [6.45, 7) is 8.22. The summed E-state index contributed by atoms with van der Waals surface area (Å²) in [5.74, 6) is -0.256. The van der Waals surface area contributed by atoms with Crippen LogP contribution in [-0.4, -0.2) is 61.9 Å². The molecule has 182 valence electrons. The quantitative estimate of drug-likeness (QED) is 0.225. The fraction of sp³-hybridized carbons (Fsp3) is 0.636. The molecule has 2 rings (SSSR count). The Morgan fingerprint density at radius 3 is 2.53 bits per heavy atom. The van der Waals surface area contributed by atoms with Gasteiger partial charge in [0.05, 0.1) is 6.10 Å². The lowest BCUT2D eigenvalue weighted by molar-refractivity contribution is 0.0170. The van der Waals surface area contributed by atoms with Gasteiger partial charge in [0.25, 0.3) is 0 Å². The summed E-state index contributed by atoms with van der Waals surface area (Å²) >= 11 is 0. The number of hydrogen-bond donors (Lipinski definition) is 2. The zero-order valence-electron chi connectivity index (χ0n) is 19.2. The van der Waals surface area contributed by atoms with Crippen molar-refractivity contribution in [1.29, 1.82) is 0 Å². The molecule has 0 saturated carbocycles. The Kier molecular flexibility index (Phi) is 12.2. The molecule has 0 aromatic heterocycles. The van der Waals surface area contributed by atoms with Crippen molar-refractivity contribution < 1.29 is 23.0 Å². The molecule has 2 N–H and O–H groups in total. The summed E-state index contributed by atoms with van der Waals surface area (Å²) in [4.78, 5) is 17.9. The van der Waals surface area contributed by atoms with E-state index < -0.39 is 23.3 Å². The van der Waals surface area contributed by atoms with Gasteiger partial charge in [0.15, 0.2) is 5.96 Å². The number of amides is 1. The van der Waals surface area contributed by atoms with Crippen molar-refractivity contribution in [2.24, 2.45) is 4.99 Å². The molecule has 0 aliphatic carbocycles. The molecule has 32 heavy (non-hydrogen) atoms. The Morgan fingerprint density at radius 1 is 1.22 bits per heavy atom. The summed E-state index contributed by atoms with van der Waals surface area (Å²) in [5, 5.41) is 5.82. The van der Waals surface area contributed by atoms with Crippen LogP contribution < -0.4 is 10.6 Å². The minimum atomic E-state index is -0.504. The van der Waals surface area contributed by atoms with Gasteiger partial charge in [0.2, 0.25) is 0 Å². The van der Waals surface area contributed by atoms with E-state index in [-0.39, 0.29) is 42.2 Å². The second-order valence-corrected chi connectivity index (χ2v) is 8.48. The standard InChI is InChI=1S/C22H34F2N4O3.HI/c1-22(2,3)31-21(29)26-10-5-13-30-18-8-11-28(12-9-18)20(25-4)27-15-16-14-17(23)6-7-19(16)24;/h6-7,14,18H,5,8-13,15H2,1-4H3,(H,25,27)(H,26,29);1H. The van der Waals surface area contributed by atoms with E-state index in [1.807, 2.05) is 20.8 Å². The molecular weight excluding hydrogens is 533 g/mol. The van der Waals surface area contributed by atoms with Gasteiger partial charge in [-0.3, -0.25) is 4.99 Å². The molecular formula is C22H35F2IN4O3. The third-order valence-corrected chi connectivity index (χ3v) is 4.74. The van der Waals surface area contributed by atoms with Crippen molar-refractivity contribution in [3.05, 3.63) is 35.4 Å². The van der Waals surface area contributed by atoms with Gasteiger partial charge in [-0.05, 0) is 58.2 Å². The highest BCUT2D eigenvalue weighted by Crippen LogP contribution is 2.15. The Balaban J connectivity index is 0.00000512. The summed E-state index contributed by atoms with van der Waals surface area (Å²) in [6, 6.07) is 3.42. The topological polar surface area (TPSA) is 75.2 Å². The number of carbonyl (C=O) groups is 1.